The van der Waals surface area contributed by atoms with E-state index in [-0.39, 0.29) is 6.03 Å². The van der Waals surface area contributed by atoms with Gasteiger partial charge in [0.25, 0.3) is 0 Å². The lowest BCUT2D eigenvalue weighted by Gasteiger charge is -2.37. The molecule has 2 N–H and O–H groups in total. The van der Waals surface area contributed by atoms with Gasteiger partial charge in [-0.05, 0) is 12.8 Å². The van der Waals surface area contributed by atoms with Crippen LogP contribution in [0.2, 0.25) is 0 Å². The van der Waals surface area contributed by atoms with E-state index in [1.165, 1.54) is 0 Å². The molecule has 21 heavy (non-hydrogen) atoms. The molecule has 1 aliphatic carbocycles. The second kappa shape index (κ2) is 5.38. The van der Waals surface area contributed by atoms with Gasteiger partial charge in [0.1, 0.15) is 11.4 Å². The zero-order valence-corrected chi connectivity index (χ0v) is 11.9. The fourth-order valence-corrected chi connectivity index (χ4v) is 3.18. The van der Waals surface area contributed by atoms with Crippen molar-refractivity contribution >= 4 is 12.0 Å². The highest BCUT2D eigenvalue weighted by molar-refractivity contribution is 5.86. The van der Waals surface area contributed by atoms with Crippen molar-refractivity contribution in [3.8, 4) is 0 Å². The Labute approximate surface area is 122 Å². The standard InChI is InChI=1S/C14H20N4O3/c19-12(20)14(4-2-1-3-5-14)16-13(21)18-9-8-17-7-6-15-11(17)10-18/h6-7H,1-5,8-10H2,(H,16,21)(H,19,20). The van der Waals surface area contributed by atoms with Gasteiger partial charge < -0.3 is 19.9 Å². The fourth-order valence-electron chi connectivity index (χ4n) is 3.18. The van der Waals surface area contributed by atoms with Crippen molar-refractivity contribution < 1.29 is 14.7 Å². The van der Waals surface area contributed by atoms with Crippen molar-refractivity contribution in [3.05, 3.63) is 18.2 Å². The van der Waals surface area contributed by atoms with Crippen molar-refractivity contribution in [2.45, 2.75) is 50.7 Å². The second-order valence-electron chi connectivity index (χ2n) is 5.84. The predicted molar refractivity (Wildman–Crippen MR) is 74.6 cm³/mol. The van der Waals surface area contributed by atoms with Crippen LogP contribution in [-0.2, 0) is 17.9 Å². The first-order valence-corrected chi connectivity index (χ1v) is 7.41. The van der Waals surface area contributed by atoms with Gasteiger partial charge in [-0.1, -0.05) is 19.3 Å². The second-order valence-corrected chi connectivity index (χ2v) is 5.84. The maximum absolute atomic E-state index is 12.4. The summed E-state index contributed by atoms with van der Waals surface area (Å²) in [5.41, 5.74) is -1.10. The van der Waals surface area contributed by atoms with Gasteiger partial charge in [-0.15, -0.1) is 0 Å². The van der Waals surface area contributed by atoms with Gasteiger partial charge in [-0.25, -0.2) is 14.6 Å². The van der Waals surface area contributed by atoms with Gasteiger partial charge in [-0.3, -0.25) is 0 Å². The molecule has 0 radical (unpaired) electrons. The molecular weight excluding hydrogens is 272 g/mol. The molecule has 114 valence electrons. The number of imidazole rings is 1. The van der Waals surface area contributed by atoms with Gasteiger partial charge in [0.15, 0.2) is 0 Å². The summed E-state index contributed by atoms with van der Waals surface area (Å²) in [6, 6.07) is -0.298. The van der Waals surface area contributed by atoms with Gasteiger partial charge >= 0.3 is 12.0 Å². The van der Waals surface area contributed by atoms with E-state index >= 15 is 0 Å². The number of rotatable bonds is 2. The van der Waals surface area contributed by atoms with E-state index in [0.29, 0.717) is 32.5 Å². The van der Waals surface area contributed by atoms with Gasteiger partial charge in [-0.2, -0.15) is 0 Å². The molecule has 0 aromatic carbocycles. The summed E-state index contributed by atoms with van der Waals surface area (Å²) in [6.07, 6.45) is 7.36. The van der Waals surface area contributed by atoms with E-state index in [4.69, 9.17) is 0 Å². The van der Waals surface area contributed by atoms with Crippen LogP contribution in [0.4, 0.5) is 4.79 Å². The normalized spacial score (nSPS) is 20.7. The fraction of sp³-hybridized carbons (Fsp3) is 0.643. The summed E-state index contributed by atoms with van der Waals surface area (Å²) >= 11 is 0. The van der Waals surface area contributed by atoms with E-state index in [1.54, 1.807) is 11.1 Å². The van der Waals surface area contributed by atoms with Crippen LogP contribution in [-0.4, -0.2) is 43.6 Å². The Morgan fingerprint density at radius 1 is 1.24 bits per heavy atom. The summed E-state index contributed by atoms with van der Waals surface area (Å²) in [5, 5.41) is 12.3. The van der Waals surface area contributed by atoms with E-state index in [9.17, 15) is 14.7 Å². The van der Waals surface area contributed by atoms with Gasteiger partial charge in [0, 0.05) is 25.5 Å². The lowest BCUT2D eigenvalue weighted by Crippen LogP contribution is -2.59. The minimum absolute atomic E-state index is 0.298. The number of urea groups is 1. The summed E-state index contributed by atoms with van der Waals surface area (Å²) in [4.78, 5) is 29.9. The topological polar surface area (TPSA) is 87.5 Å². The van der Waals surface area contributed by atoms with Crippen LogP contribution < -0.4 is 5.32 Å². The van der Waals surface area contributed by atoms with Crippen molar-refractivity contribution in [2.24, 2.45) is 0 Å². The Balaban J connectivity index is 1.69. The van der Waals surface area contributed by atoms with Crippen LogP contribution in [0.25, 0.3) is 0 Å². The van der Waals surface area contributed by atoms with E-state index < -0.39 is 11.5 Å². The zero-order valence-electron chi connectivity index (χ0n) is 11.9. The van der Waals surface area contributed by atoms with Crippen LogP contribution in [0, 0.1) is 0 Å². The monoisotopic (exact) mass is 292 g/mol. The van der Waals surface area contributed by atoms with Crippen LogP contribution >= 0.6 is 0 Å². The highest BCUT2D eigenvalue weighted by Gasteiger charge is 2.42. The van der Waals surface area contributed by atoms with Crippen LogP contribution in [0.3, 0.4) is 0 Å². The average Bonchev–Trinajstić information content (AvgIpc) is 2.95. The number of hydrogen-bond acceptors (Lipinski definition) is 3. The Hall–Kier alpha value is -2.05. The SMILES string of the molecule is O=C(NC1(C(=O)O)CCCCC1)N1CCn2ccnc2C1. The van der Waals surface area contributed by atoms with Crippen molar-refractivity contribution in [1.82, 2.24) is 19.8 Å². The number of aromatic nitrogens is 2. The Morgan fingerprint density at radius 3 is 2.71 bits per heavy atom. The summed E-state index contributed by atoms with van der Waals surface area (Å²) in [5.74, 6) is -0.0847. The Bertz CT molecular complexity index is 548. The van der Waals surface area contributed by atoms with E-state index in [1.807, 2.05) is 10.8 Å². The molecule has 0 spiro atoms. The molecule has 1 saturated carbocycles. The van der Waals surface area contributed by atoms with Crippen LogP contribution in [0.15, 0.2) is 12.4 Å². The first-order chi connectivity index (χ1) is 10.1. The lowest BCUT2D eigenvalue weighted by molar-refractivity contribution is -0.146. The lowest BCUT2D eigenvalue weighted by atomic mass is 9.82. The molecule has 0 bridgehead atoms. The molecule has 0 atom stereocenters. The molecule has 1 aliphatic heterocycles. The van der Waals surface area contributed by atoms with Crippen LogP contribution in [0.1, 0.15) is 37.9 Å². The Kier molecular flexibility index (Phi) is 3.57. The third-order valence-corrected chi connectivity index (χ3v) is 4.49. The minimum Gasteiger partial charge on any atom is -0.480 e. The number of hydrogen-bond donors (Lipinski definition) is 2. The largest absolute Gasteiger partial charge is 0.480 e. The molecule has 7 heteroatoms. The average molecular weight is 292 g/mol. The number of nitrogens with zero attached hydrogens (tertiary/aromatic N) is 3. The van der Waals surface area contributed by atoms with Crippen molar-refractivity contribution in [3.63, 3.8) is 0 Å². The third kappa shape index (κ3) is 2.59. The molecule has 3 rings (SSSR count). The van der Waals surface area contributed by atoms with Crippen molar-refractivity contribution in [1.29, 1.82) is 0 Å². The number of carbonyl (C=O) groups is 2. The minimum atomic E-state index is -1.10. The van der Waals surface area contributed by atoms with Crippen LogP contribution in [0.5, 0.6) is 0 Å². The number of carbonyl (C=O) groups excluding carboxylic acids is 1. The number of carboxylic acids is 1. The molecule has 7 nitrogen and oxygen atoms in total. The molecule has 0 saturated heterocycles. The van der Waals surface area contributed by atoms with E-state index in [2.05, 4.69) is 10.3 Å². The highest BCUT2D eigenvalue weighted by Crippen LogP contribution is 2.29. The summed E-state index contributed by atoms with van der Waals surface area (Å²) in [7, 11) is 0. The first-order valence-electron chi connectivity index (χ1n) is 7.41. The maximum atomic E-state index is 12.4. The quantitative estimate of drug-likeness (QED) is 0.857. The molecule has 1 aromatic heterocycles. The molecular formula is C14H20N4O3. The first kappa shape index (κ1) is 13.9. The number of aliphatic carboxylic acids is 1. The zero-order chi connectivity index (χ0) is 14.9. The predicted octanol–water partition coefficient (Wildman–Crippen LogP) is 1.20. The molecule has 1 aromatic rings. The molecule has 1 fully saturated rings. The molecule has 2 aliphatic rings. The number of nitrogens with one attached hydrogen (secondary N) is 1. The molecule has 2 amide bonds. The number of carboxylic acid groups (broad SMARTS) is 1. The van der Waals surface area contributed by atoms with E-state index in [0.717, 1.165) is 25.1 Å². The van der Waals surface area contributed by atoms with Gasteiger partial charge in [0.05, 0.1) is 6.54 Å². The molecule has 0 unspecified atom stereocenters. The number of fused-ring (bicyclic) bond motifs is 1. The highest BCUT2D eigenvalue weighted by atomic mass is 16.4. The van der Waals surface area contributed by atoms with Gasteiger partial charge in [0.2, 0.25) is 0 Å². The summed E-state index contributed by atoms with van der Waals surface area (Å²) < 4.78 is 2.01. The summed E-state index contributed by atoms with van der Waals surface area (Å²) in [6.45, 7) is 1.70. The smallest absolute Gasteiger partial charge is 0.329 e. The van der Waals surface area contributed by atoms with Crippen molar-refractivity contribution in [2.75, 3.05) is 6.54 Å². The maximum Gasteiger partial charge on any atom is 0.329 e. The molecule has 2 heterocycles. The third-order valence-electron chi connectivity index (χ3n) is 4.49. The number of amides is 2. The Morgan fingerprint density at radius 2 is 2.00 bits per heavy atom.